The van der Waals surface area contributed by atoms with Crippen LogP contribution in [-0.2, 0) is 9.59 Å². The number of amides is 2. The molecule has 1 aliphatic heterocycles. The molecule has 5 nitrogen and oxygen atoms in total. The first-order valence-electron chi connectivity index (χ1n) is 7.76. The summed E-state index contributed by atoms with van der Waals surface area (Å²) in [6.07, 6.45) is 0.0505. The van der Waals surface area contributed by atoms with E-state index in [9.17, 15) is 9.59 Å². The number of hydrogen-bond acceptors (Lipinski definition) is 4. The van der Waals surface area contributed by atoms with Gasteiger partial charge in [0.05, 0.1) is 5.69 Å². The lowest BCUT2D eigenvalue weighted by molar-refractivity contribution is -0.127. The summed E-state index contributed by atoms with van der Waals surface area (Å²) in [5.74, 6) is -0.410. The number of benzene rings is 2. The van der Waals surface area contributed by atoms with Gasteiger partial charge in [-0.3, -0.25) is 14.5 Å². The van der Waals surface area contributed by atoms with Crippen LogP contribution in [0, 0.1) is 0 Å². The number of aliphatic imine (C=N–C) groups is 1. The molecule has 2 aromatic carbocycles. The van der Waals surface area contributed by atoms with Gasteiger partial charge in [0, 0.05) is 29.2 Å². The van der Waals surface area contributed by atoms with E-state index in [0.717, 1.165) is 0 Å². The van der Waals surface area contributed by atoms with Gasteiger partial charge in [0.25, 0.3) is 0 Å². The molecule has 8 heteroatoms. The van der Waals surface area contributed by atoms with Gasteiger partial charge in [0.1, 0.15) is 5.25 Å². The molecule has 2 amide bonds. The topological polar surface area (TPSA) is 61.8 Å². The zero-order valence-electron chi connectivity index (χ0n) is 13.8. The Kier molecular flexibility index (Phi) is 5.86. The predicted octanol–water partition coefficient (Wildman–Crippen LogP) is 4.58. The number of hydrogen-bond donors (Lipinski definition) is 1. The van der Waals surface area contributed by atoms with Crippen molar-refractivity contribution in [3.63, 3.8) is 0 Å². The highest BCUT2D eigenvalue weighted by molar-refractivity contribution is 8.15. The van der Waals surface area contributed by atoms with Gasteiger partial charge in [-0.15, -0.1) is 0 Å². The lowest BCUT2D eigenvalue weighted by Crippen LogP contribution is -2.30. The highest BCUT2D eigenvalue weighted by Crippen LogP contribution is 2.31. The third kappa shape index (κ3) is 4.58. The molecule has 26 heavy (non-hydrogen) atoms. The lowest BCUT2D eigenvalue weighted by atomic mass is 10.2. The Morgan fingerprint density at radius 1 is 1.19 bits per heavy atom. The van der Waals surface area contributed by atoms with Crippen LogP contribution < -0.4 is 5.32 Å². The maximum Gasteiger partial charge on any atom is 0.242 e. The normalized spacial score (nSPS) is 18.4. The molecule has 1 atom stereocenters. The highest BCUT2D eigenvalue weighted by Gasteiger charge is 2.37. The van der Waals surface area contributed by atoms with E-state index < -0.39 is 5.25 Å². The van der Waals surface area contributed by atoms with Crippen molar-refractivity contribution in [2.24, 2.45) is 4.99 Å². The predicted molar refractivity (Wildman–Crippen MR) is 107 cm³/mol. The molecule has 0 aliphatic carbocycles. The number of rotatable bonds is 4. The summed E-state index contributed by atoms with van der Waals surface area (Å²) >= 11 is 13.1. The number of amidine groups is 1. The molecule has 0 aromatic heterocycles. The van der Waals surface area contributed by atoms with E-state index in [1.54, 1.807) is 55.6 Å². The van der Waals surface area contributed by atoms with E-state index in [-0.39, 0.29) is 18.2 Å². The monoisotopic (exact) mass is 407 g/mol. The fourth-order valence-electron chi connectivity index (χ4n) is 2.40. The molecule has 3 rings (SSSR count). The van der Waals surface area contributed by atoms with Crippen LogP contribution in [0.5, 0.6) is 0 Å². The molecule has 2 aromatic rings. The Bertz CT molecular complexity index is 888. The molecular formula is C18H15Cl2N3O2S. The van der Waals surface area contributed by atoms with E-state index in [4.69, 9.17) is 23.2 Å². The molecule has 0 bridgehead atoms. The number of carbonyl (C=O) groups excluding carboxylic acids is 2. The van der Waals surface area contributed by atoms with E-state index >= 15 is 0 Å². The van der Waals surface area contributed by atoms with Gasteiger partial charge < -0.3 is 5.32 Å². The molecule has 0 radical (unpaired) electrons. The zero-order chi connectivity index (χ0) is 18.7. The summed E-state index contributed by atoms with van der Waals surface area (Å²) in [6, 6.07) is 13.9. The van der Waals surface area contributed by atoms with Gasteiger partial charge in [-0.2, -0.15) is 0 Å². The molecule has 134 valence electrons. The largest absolute Gasteiger partial charge is 0.326 e. The Morgan fingerprint density at radius 3 is 2.58 bits per heavy atom. The van der Waals surface area contributed by atoms with E-state index in [0.29, 0.717) is 26.6 Å². The van der Waals surface area contributed by atoms with Crippen molar-refractivity contribution in [2.75, 3.05) is 12.4 Å². The van der Waals surface area contributed by atoms with E-state index in [1.165, 1.54) is 16.7 Å². The summed E-state index contributed by atoms with van der Waals surface area (Å²) in [4.78, 5) is 30.6. The average molecular weight is 408 g/mol. The first-order chi connectivity index (χ1) is 12.4. The van der Waals surface area contributed by atoms with Gasteiger partial charge >= 0.3 is 0 Å². The molecule has 1 N–H and O–H groups in total. The molecule has 1 heterocycles. The summed E-state index contributed by atoms with van der Waals surface area (Å²) in [7, 11) is 1.65. The summed E-state index contributed by atoms with van der Waals surface area (Å²) in [5.41, 5.74) is 1.25. The number of carbonyl (C=O) groups is 2. The smallest absolute Gasteiger partial charge is 0.242 e. The molecule has 0 unspecified atom stereocenters. The van der Waals surface area contributed by atoms with Crippen LogP contribution in [0.2, 0.25) is 10.0 Å². The Hall–Kier alpha value is -2.02. The van der Waals surface area contributed by atoms with Gasteiger partial charge in [-0.25, -0.2) is 4.99 Å². The van der Waals surface area contributed by atoms with Crippen molar-refractivity contribution < 1.29 is 9.59 Å². The van der Waals surface area contributed by atoms with Gasteiger partial charge in [0.2, 0.25) is 11.8 Å². The Morgan fingerprint density at radius 2 is 1.88 bits per heavy atom. The standard InChI is InChI=1S/C18H15Cl2N3O2S/c1-23-17(25)15(10-16(24)21-13-6-2-4-11(19)8-13)26-18(23)22-14-7-3-5-12(20)9-14/h2-9,15H,10H2,1H3,(H,21,24)/t15-/m1/s1. The lowest BCUT2D eigenvalue weighted by Gasteiger charge is -2.09. The quantitative estimate of drug-likeness (QED) is 0.806. The van der Waals surface area contributed by atoms with E-state index in [2.05, 4.69) is 10.3 Å². The Balaban J connectivity index is 1.67. The number of nitrogens with zero attached hydrogens (tertiary/aromatic N) is 2. The minimum Gasteiger partial charge on any atom is -0.326 e. The second kappa shape index (κ2) is 8.12. The molecule has 0 spiro atoms. The van der Waals surface area contributed by atoms with Crippen LogP contribution >= 0.6 is 35.0 Å². The number of nitrogens with one attached hydrogen (secondary N) is 1. The maximum absolute atomic E-state index is 12.4. The number of halogens is 2. The van der Waals surface area contributed by atoms with Crippen molar-refractivity contribution in [3.05, 3.63) is 58.6 Å². The van der Waals surface area contributed by atoms with Crippen LogP contribution in [-0.4, -0.2) is 34.2 Å². The molecule has 1 fully saturated rings. The van der Waals surface area contributed by atoms with Crippen LogP contribution in [0.1, 0.15) is 6.42 Å². The van der Waals surface area contributed by atoms with Gasteiger partial charge in [-0.1, -0.05) is 47.1 Å². The molecule has 1 aliphatic rings. The third-order valence-corrected chi connectivity index (χ3v) is 5.35. The highest BCUT2D eigenvalue weighted by atomic mass is 35.5. The van der Waals surface area contributed by atoms with Crippen molar-refractivity contribution in [3.8, 4) is 0 Å². The summed E-state index contributed by atoms with van der Waals surface area (Å²) < 4.78 is 0. The first kappa shape index (κ1) is 18.8. The van der Waals surface area contributed by atoms with Crippen molar-refractivity contribution in [1.82, 2.24) is 4.90 Å². The third-order valence-electron chi connectivity index (χ3n) is 3.65. The summed E-state index contributed by atoms with van der Waals surface area (Å²) in [6.45, 7) is 0. The van der Waals surface area contributed by atoms with Crippen LogP contribution in [0.15, 0.2) is 53.5 Å². The number of thioether (sulfide) groups is 1. The van der Waals surface area contributed by atoms with Gasteiger partial charge in [-0.05, 0) is 36.4 Å². The molecule has 0 saturated carbocycles. The fraction of sp³-hybridized carbons (Fsp3) is 0.167. The van der Waals surface area contributed by atoms with Crippen LogP contribution in [0.3, 0.4) is 0 Å². The van der Waals surface area contributed by atoms with Crippen LogP contribution in [0.4, 0.5) is 11.4 Å². The second-order valence-corrected chi connectivity index (χ2v) is 7.68. The van der Waals surface area contributed by atoms with Crippen molar-refractivity contribution >= 4 is 63.3 Å². The summed E-state index contributed by atoms with van der Waals surface area (Å²) in [5, 5.41) is 3.88. The Labute approximate surface area is 165 Å². The van der Waals surface area contributed by atoms with Crippen molar-refractivity contribution in [1.29, 1.82) is 0 Å². The average Bonchev–Trinajstić information content (AvgIpc) is 2.83. The fourth-order valence-corrected chi connectivity index (χ4v) is 3.93. The molecule has 1 saturated heterocycles. The number of anilines is 1. The molecular weight excluding hydrogens is 393 g/mol. The van der Waals surface area contributed by atoms with Gasteiger partial charge in [0.15, 0.2) is 5.17 Å². The van der Waals surface area contributed by atoms with E-state index in [1.807, 2.05) is 0 Å². The zero-order valence-corrected chi connectivity index (χ0v) is 16.1. The minimum absolute atomic E-state index is 0.0505. The SMILES string of the molecule is CN1C(=O)[C@@H](CC(=O)Nc2cccc(Cl)c2)SC1=Nc1cccc(Cl)c1. The van der Waals surface area contributed by atoms with Crippen LogP contribution in [0.25, 0.3) is 0 Å². The minimum atomic E-state index is -0.517. The maximum atomic E-state index is 12.4. The first-order valence-corrected chi connectivity index (χ1v) is 9.40. The second-order valence-electron chi connectivity index (χ2n) is 5.64. The van der Waals surface area contributed by atoms with Crippen molar-refractivity contribution in [2.45, 2.75) is 11.7 Å².